The number of rotatable bonds is 4. The largest absolute Gasteiger partial charge is 0.480 e. The molecule has 0 aliphatic carbocycles. The van der Waals surface area contributed by atoms with E-state index in [-0.39, 0.29) is 18.1 Å². The van der Waals surface area contributed by atoms with Gasteiger partial charge in [-0.15, -0.1) is 11.8 Å². The average Bonchev–Trinajstić information content (AvgIpc) is 2.43. The van der Waals surface area contributed by atoms with Crippen molar-refractivity contribution in [2.24, 2.45) is 0 Å². The number of para-hydroxylation sites is 1. The fourth-order valence-corrected chi connectivity index (χ4v) is 3.13. The van der Waals surface area contributed by atoms with Crippen molar-refractivity contribution in [3.63, 3.8) is 0 Å². The van der Waals surface area contributed by atoms with Crippen molar-refractivity contribution < 1.29 is 19.5 Å². The number of aliphatic carboxylic acids is 1. The van der Waals surface area contributed by atoms with Crippen LogP contribution in [0.25, 0.3) is 0 Å². The molecule has 1 aliphatic rings. The number of halogens is 1. The van der Waals surface area contributed by atoms with Crippen LogP contribution >= 0.6 is 23.4 Å². The Balaban J connectivity index is 1.90. The molecule has 0 aromatic heterocycles. The normalized spacial score (nSPS) is 21.5. The zero-order chi connectivity index (χ0) is 15.4. The topological polar surface area (TPSA) is 95.5 Å². The van der Waals surface area contributed by atoms with E-state index in [0.717, 1.165) is 11.8 Å². The summed E-state index contributed by atoms with van der Waals surface area (Å²) < 4.78 is 0. The molecule has 21 heavy (non-hydrogen) atoms. The first-order valence-corrected chi connectivity index (χ1v) is 7.59. The molecule has 1 saturated heterocycles. The van der Waals surface area contributed by atoms with Gasteiger partial charge in [0.2, 0.25) is 11.8 Å². The minimum absolute atomic E-state index is 0.0337. The molecule has 1 heterocycles. The van der Waals surface area contributed by atoms with Crippen LogP contribution in [0.2, 0.25) is 5.02 Å². The van der Waals surface area contributed by atoms with E-state index in [9.17, 15) is 14.4 Å². The molecule has 1 fully saturated rings. The number of amides is 2. The lowest BCUT2D eigenvalue weighted by molar-refractivity contribution is -0.141. The van der Waals surface area contributed by atoms with Gasteiger partial charge < -0.3 is 15.7 Å². The Bertz CT molecular complexity index is 581. The number of carbonyl (C=O) groups excluding carboxylic acids is 2. The van der Waals surface area contributed by atoms with Crippen molar-refractivity contribution in [1.29, 1.82) is 0 Å². The van der Waals surface area contributed by atoms with E-state index in [1.54, 1.807) is 24.3 Å². The Labute approximate surface area is 130 Å². The Kier molecular flexibility index (Phi) is 5.08. The van der Waals surface area contributed by atoms with Gasteiger partial charge in [-0.3, -0.25) is 9.59 Å². The van der Waals surface area contributed by atoms with E-state index in [0.29, 0.717) is 10.7 Å². The summed E-state index contributed by atoms with van der Waals surface area (Å²) >= 11 is 7.09. The van der Waals surface area contributed by atoms with E-state index in [1.165, 1.54) is 0 Å². The monoisotopic (exact) mass is 328 g/mol. The van der Waals surface area contributed by atoms with E-state index in [1.807, 2.05) is 0 Å². The van der Waals surface area contributed by atoms with E-state index in [4.69, 9.17) is 16.7 Å². The molecule has 2 rings (SSSR count). The zero-order valence-electron chi connectivity index (χ0n) is 10.8. The van der Waals surface area contributed by atoms with Gasteiger partial charge in [0.25, 0.3) is 0 Å². The van der Waals surface area contributed by atoms with Crippen LogP contribution in [0.15, 0.2) is 24.3 Å². The molecule has 2 atom stereocenters. The molecule has 0 bridgehead atoms. The van der Waals surface area contributed by atoms with Crippen molar-refractivity contribution >= 4 is 46.8 Å². The summed E-state index contributed by atoms with van der Waals surface area (Å²) in [7, 11) is 0. The molecular weight excluding hydrogens is 316 g/mol. The number of anilines is 1. The van der Waals surface area contributed by atoms with Crippen molar-refractivity contribution in [2.45, 2.75) is 17.7 Å². The number of thioether (sulfide) groups is 1. The number of carbonyl (C=O) groups is 3. The third kappa shape index (κ3) is 4.12. The summed E-state index contributed by atoms with van der Waals surface area (Å²) in [6.07, 6.45) is -0.0337. The minimum Gasteiger partial charge on any atom is -0.480 e. The van der Waals surface area contributed by atoms with Gasteiger partial charge in [-0.25, -0.2) is 4.79 Å². The SMILES string of the molecule is O=C(C[C@H]1SC[C@@H](C(=O)O)NC1=O)Nc1ccccc1Cl. The molecule has 0 unspecified atom stereocenters. The van der Waals surface area contributed by atoms with E-state index >= 15 is 0 Å². The third-order valence-corrected chi connectivity index (χ3v) is 4.53. The molecule has 0 saturated carbocycles. The molecule has 1 aromatic rings. The molecule has 1 aromatic carbocycles. The fraction of sp³-hybridized carbons (Fsp3) is 0.308. The highest BCUT2D eigenvalue weighted by Gasteiger charge is 2.33. The number of carboxylic acids is 1. The van der Waals surface area contributed by atoms with Gasteiger partial charge in [-0.2, -0.15) is 0 Å². The van der Waals surface area contributed by atoms with Crippen LogP contribution < -0.4 is 10.6 Å². The highest BCUT2D eigenvalue weighted by atomic mass is 35.5. The van der Waals surface area contributed by atoms with Crippen LogP contribution in [0, 0.1) is 0 Å². The van der Waals surface area contributed by atoms with Crippen molar-refractivity contribution in [3.8, 4) is 0 Å². The summed E-state index contributed by atoms with van der Waals surface area (Å²) in [4.78, 5) is 34.5. The first kappa shape index (κ1) is 15.7. The maximum atomic E-state index is 11.9. The van der Waals surface area contributed by atoms with E-state index in [2.05, 4.69) is 10.6 Å². The van der Waals surface area contributed by atoms with Gasteiger partial charge in [0.05, 0.1) is 16.0 Å². The van der Waals surface area contributed by atoms with Gasteiger partial charge in [0, 0.05) is 12.2 Å². The smallest absolute Gasteiger partial charge is 0.327 e. The Morgan fingerprint density at radius 1 is 1.43 bits per heavy atom. The quantitative estimate of drug-likeness (QED) is 0.775. The Morgan fingerprint density at radius 3 is 2.76 bits per heavy atom. The first-order chi connectivity index (χ1) is 9.97. The molecule has 8 heteroatoms. The lowest BCUT2D eigenvalue weighted by Crippen LogP contribution is -2.51. The summed E-state index contributed by atoms with van der Waals surface area (Å²) in [5.41, 5.74) is 0.480. The maximum Gasteiger partial charge on any atom is 0.327 e. The molecule has 0 radical (unpaired) electrons. The van der Waals surface area contributed by atoms with Gasteiger partial charge in [0.1, 0.15) is 6.04 Å². The maximum absolute atomic E-state index is 11.9. The van der Waals surface area contributed by atoms with Crippen molar-refractivity contribution in [2.75, 3.05) is 11.1 Å². The Hall–Kier alpha value is -1.73. The summed E-state index contributed by atoms with van der Waals surface area (Å²) in [5.74, 6) is -1.61. The lowest BCUT2D eigenvalue weighted by atomic mass is 10.2. The molecule has 0 spiro atoms. The molecule has 1 aliphatic heterocycles. The number of hydrogen-bond donors (Lipinski definition) is 3. The minimum atomic E-state index is -1.07. The van der Waals surface area contributed by atoms with Crippen molar-refractivity contribution in [3.05, 3.63) is 29.3 Å². The molecule has 2 amide bonds. The second-order valence-electron chi connectivity index (χ2n) is 4.45. The predicted molar refractivity (Wildman–Crippen MR) is 80.5 cm³/mol. The van der Waals surface area contributed by atoms with Gasteiger partial charge in [0.15, 0.2) is 0 Å². The van der Waals surface area contributed by atoms with Crippen molar-refractivity contribution in [1.82, 2.24) is 5.32 Å². The average molecular weight is 329 g/mol. The lowest BCUT2D eigenvalue weighted by Gasteiger charge is -2.25. The zero-order valence-corrected chi connectivity index (χ0v) is 12.4. The second kappa shape index (κ2) is 6.82. The number of benzene rings is 1. The van der Waals surface area contributed by atoms with Crippen LogP contribution in [0.3, 0.4) is 0 Å². The van der Waals surface area contributed by atoms with Gasteiger partial charge >= 0.3 is 5.97 Å². The standard InChI is InChI=1S/C13H13ClN2O4S/c14-7-3-1-2-4-8(7)15-11(17)5-10-12(18)16-9(6-21-10)13(19)20/h1-4,9-10H,5-6H2,(H,15,17)(H,16,18)(H,19,20)/t9-,10+/m0/s1. The molecule has 3 N–H and O–H groups in total. The van der Waals surface area contributed by atoms with Crippen LogP contribution in [-0.4, -0.2) is 39.9 Å². The molecular formula is C13H13ClN2O4S. The number of nitrogens with one attached hydrogen (secondary N) is 2. The highest BCUT2D eigenvalue weighted by Crippen LogP contribution is 2.24. The fourth-order valence-electron chi connectivity index (χ4n) is 1.81. The molecule has 112 valence electrons. The third-order valence-electron chi connectivity index (χ3n) is 2.89. The van der Waals surface area contributed by atoms with Gasteiger partial charge in [-0.1, -0.05) is 23.7 Å². The highest BCUT2D eigenvalue weighted by molar-refractivity contribution is 8.00. The summed E-state index contributed by atoms with van der Waals surface area (Å²) in [6, 6.07) is 5.89. The predicted octanol–water partition coefficient (Wildman–Crippen LogP) is 1.35. The van der Waals surface area contributed by atoms with Crippen LogP contribution in [0.4, 0.5) is 5.69 Å². The number of carboxylic acid groups (broad SMARTS) is 1. The van der Waals surface area contributed by atoms with E-state index < -0.39 is 23.2 Å². The van der Waals surface area contributed by atoms with Crippen LogP contribution in [-0.2, 0) is 14.4 Å². The summed E-state index contributed by atoms with van der Waals surface area (Å²) in [5, 5.41) is 13.7. The Morgan fingerprint density at radius 2 is 2.14 bits per heavy atom. The van der Waals surface area contributed by atoms with Gasteiger partial charge in [-0.05, 0) is 12.1 Å². The molecule has 6 nitrogen and oxygen atoms in total. The van der Waals surface area contributed by atoms with Crippen LogP contribution in [0.1, 0.15) is 6.42 Å². The number of hydrogen-bond acceptors (Lipinski definition) is 4. The van der Waals surface area contributed by atoms with Crippen LogP contribution in [0.5, 0.6) is 0 Å². The first-order valence-electron chi connectivity index (χ1n) is 6.16. The second-order valence-corrected chi connectivity index (χ2v) is 6.10. The summed E-state index contributed by atoms with van der Waals surface area (Å²) in [6.45, 7) is 0.